The number of nitrogens with one attached hydrogen (secondary N) is 1. The van der Waals surface area contributed by atoms with Crippen molar-refractivity contribution in [1.29, 1.82) is 0 Å². The molecule has 3 aromatic rings. The molecule has 1 N–H and O–H groups in total. The van der Waals surface area contributed by atoms with E-state index < -0.39 is 0 Å². The van der Waals surface area contributed by atoms with Crippen molar-refractivity contribution in [3.63, 3.8) is 0 Å². The molecule has 1 heterocycles. The zero-order chi connectivity index (χ0) is 14.7. The smallest absolute Gasteiger partial charge is 0.299 e. The summed E-state index contributed by atoms with van der Waals surface area (Å²) in [5.74, 6) is 0.774. The molecule has 6 heteroatoms. The van der Waals surface area contributed by atoms with Crippen LogP contribution in [-0.2, 0) is 6.54 Å². The number of hydrogen-bond acceptors (Lipinski definition) is 5. The SMILES string of the molecule is CCNCc1nnc(Oc2ccc3cc(Br)ccc3c2)s1. The number of rotatable bonds is 5. The number of aromatic nitrogens is 2. The van der Waals surface area contributed by atoms with Crippen LogP contribution in [0.1, 0.15) is 11.9 Å². The second kappa shape index (κ2) is 6.51. The third-order valence-corrected chi connectivity index (χ3v) is 4.25. The van der Waals surface area contributed by atoms with Crippen LogP contribution < -0.4 is 10.1 Å². The van der Waals surface area contributed by atoms with Crippen molar-refractivity contribution < 1.29 is 4.74 Å². The summed E-state index contributed by atoms with van der Waals surface area (Å²) in [5.41, 5.74) is 0. The summed E-state index contributed by atoms with van der Waals surface area (Å²) >= 11 is 4.94. The molecular formula is C15H14BrN3OS. The van der Waals surface area contributed by atoms with E-state index in [9.17, 15) is 0 Å². The van der Waals surface area contributed by atoms with Crippen molar-refractivity contribution in [2.45, 2.75) is 13.5 Å². The molecule has 0 fully saturated rings. The fourth-order valence-electron chi connectivity index (χ4n) is 1.94. The van der Waals surface area contributed by atoms with Gasteiger partial charge in [0.2, 0.25) is 0 Å². The molecule has 21 heavy (non-hydrogen) atoms. The number of halogens is 1. The van der Waals surface area contributed by atoms with Gasteiger partial charge in [0, 0.05) is 11.0 Å². The van der Waals surface area contributed by atoms with E-state index >= 15 is 0 Å². The van der Waals surface area contributed by atoms with Crippen LogP contribution in [-0.4, -0.2) is 16.7 Å². The lowest BCUT2D eigenvalue weighted by molar-refractivity contribution is 0.473. The zero-order valence-corrected chi connectivity index (χ0v) is 13.9. The maximum Gasteiger partial charge on any atom is 0.299 e. The quantitative estimate of drug-likeness (QED) is 0.731. The van der Waals surface area contributed by atoms with E-state index in [0.29, 0.717) is 5.19 Å². The average Bonchev–Trinajstić information content (AvgIpc) is 2.93. The first kappa shape index (κ1) is 14.4. The Hall–Kier alpha value is -1.50. The highest BCUT2D eigenvalue weighted by Gasteiger charge is 2.06. The van der Waals surface area contributed by atoms with Gasteiger partial charge in [0.1, 0.15) is 10.8 Å². The maximum absolute atomic E-state index is 5.78. The van der Waals surface area contributed by atoms with Gasteiger partial charge < -0.3 is 10.1 Å². The van der Waals surface area contributed by atoms with Crippen LogP contribution in [0.4, 0.5) is 0 Å². The van der Waals surface area contributed by atoms with Gasteiger partial charge in [0.25, 0.3) is 5.19 Å². The average molecular weight is 364 g/mol. The van der Waals surface area contributed by atoms with Crippen molar-refractivity contribution in [3.8, 4) is 10.9 Å². The number of nitrogens with zero attached hydrogens (tertiary/aromatic N) is 2. The summed E-state index contributed by atoms with van der Waals surface area (Å²) in [6.45, 7) is 3.70. The van der Waals surface area contributed by atoms with Crippen LogP contribution in [0.2, 0.25) is 0 Å². The van der Waals surface area contributed by atoms with Crippen molar-refractivity contribution >= 4 is 38.0 Å². The largest absolute Gasteiger partial charge is 0.430 e. The van der Waals surface area contributed by atoms with Crippen molar-refractivity contribution in [3.05, 3.63) is 45.9 Å². The molecule has 1 aromatic heterocycles. The predicted octanol–water partition coefficient (Wildman–Crippen LogP) is 4.36. The maximum atomic E-state index is 5.78. The lowest BCUT2D eigenvalue weighted by Crippen LogP contribution is -2.11. The van der Waals surface area contributed by atoms with Gasteiger partial charge in [-0.15, -0.1) is 5.10 Å². The zero-order valence-electron chi connectivity index (χ0n) is 11.5. The Bertz CT molecular complexity index is 760. The summed E-state index contributed by atoms with van der Waals surface area (Å²) in [5, 5.41) is 15.2. The third-order valence-electron chi connectivity index (χ3n) is 2.95. The Kier molecular flexibility index (Phi) is 4.48. The minimum Gasteiger partial charge on any atom is -0.430 e. The lowest BCUT2D eigenvalue weighted by Gasteiger charge is -2.03. The van der Waals surface area contributed by atoms with Gasteiger partial charge >= 0.3 is 0 Å². The van der Waals surface area contributed by atoms with Crippen LogP contribution in [0, 0.1) is 0 Å². The molecular weight excluding hydrogens is 350 g/mol. The van der Waals surface area contributed by atoms with Gasteiger partial charge in [-0.25, -0.2) is 0 Å². The molecule has 0 atom stereocenters. The lowest BCUT2D eigenvalue weighted by atomic mass is 10.1. The fourth-order valence-corrected chi connectivity index (χ4v) is 3.00. The van der Waals surface area contributed by atoms with E-state index in [4.69, 9.17) is 4.74 Å². The number of ether oxygens (including phenoxy) is 1. The summed E-state index contributed by atoms with van der Waals surface area (Å²) in [7, 11) is 0. The second-order valence-corrected chi connectivity index (χ2v) is 6.44. The number of fused-ring (bicyclic) bond motifs is 1. The molecule has 0 aliphatic heterocycles. The molecule has 0 amide bonds. The van der Waals surface area contributed by atoms with E-state index in [1.54, 1.807) is 0 Å². The van der Waals surface area contributed by atoms with Gasteiger partial charge in [0.15, 0.2) is 0 Å². The number of benzene rings is 2. The molecule has 0 saturated heterocycles. The Morgan fingerprint density at radius 2 is 1.95 bits per heavy atom. The van der Waals surface area contributed by atoms with E-state index in [1.165, 1.54) is 16.7 Å². The molecule has 0 unspecified atom stereocenters. The minimum absolute atomic E-state index is 0.569. The summed E-state index contributed by atoms with van der Waals surface area (Å²) in [6.07, 6.45) is 0. The van der Waals surface area contributed by atoms with Crippen molar-refractivity contribution in [2.75, 3.05) is 6.54 Å². The molecule has 0 aliphatic rings. The Balaban J connectivity index is 1.78. The second-order valence-electron chi connectivity index (χ2n) is 4.50. The summed E-state index contributed by atoms with van der Waals surface area (Å²) in [4.78, 5) is 0. The minimum atomic E-state index is 0.569. The highest BCUT2D eigenvalue weighted by atomic mass is 79.9. The van der Waals surface area contributed by atoms with Crippen LogP contribution in [0.25, 0.3) is 10.8 Å². The normalized spacial score (nSPS) is 11.0. The van der Waals surface area contributed by atoms with Crippen molar-refractivity contribution in [1.82, 2.24) is 15.5 Å². The Morgan fingerprint density at radius 3 is 2.81 bits per heavy atom. The van der Waals surface area contributed by atoms with Gasteiger partial charge in [0.05, 0.1) is 0 Å². The molecule has 4 nitrogen and oxygen atoms in total. The fraction of sp³-hybridized carbons (Fsp3) is 0.200. The van der Waals surface area contributed by atoms with Crippen LogP contribution >= 0.6 is 27.3 Å². The van der Waals surface area contributed by atoms with Gasteiger partial charge in [-0.1, -0.05) is 51.4 Å². The predicted molar refractivity (Wildman–Crippen MR) is 89.0 cm³/mol. The highest BCUT2D eigenvalue weighted by molar-refractivity contribution is 9.10. The molecule has 3 rings (SSSR count). The highest BCUT2D eigenvalue weighted by Crippen LogP contribution is 2.29. The molecule has 2 aromatic carbocycles. The first-order valence-electron chi connectivity index (χ1n) is 6.65. The third kappa shape index (κ3) is 3.58. The van der Waals surface area contributed by atoms with Crippen molar-refractivity contribution in [2.24, 2.45) is 0 Å². The Morgan fingerprint density at radius 1 is 1.14 bits per heavy atom. The number of hydrogen-bond donors (Lipinski definition) is 1. The monoisotopic (exact) mass is 363 g/mol. The molecule has 0 aliphatic carbocycles. The van der Waals surface area contributed by atoms with Crippen LogP contribution in [0.3, 0.4) is 0 Å². The topological polar surface area (TPSA) is 47.0 Å². The van der Waals surface area contributed by atoms with E-state index in [-0.39, 0.29) is 0 Å². The first-order valence-corrected chi connectivity index (χ1v) is 8.26. The van der Waals surface area contributed by atoms with E-state index in [1.807, 2.05) is 24.3 Å². The van der Waals surface area contributed by atoms with Gasteiger partial charge in [-0.05, 0) is 41.6 Å². The van der Waals surface area contributed by atoms with Gasteiger partial charge in [-0.3, -0.25) is 0 Å². The van der Waals surface area contributed by atoms with Gasteiger partial charge in [-0.2, -0.15) is 0 Å². The van der Waals surface area contributed by atoms with E-state index in [2.05, 4.69) is 50.5 Å². The van der Waals surface area contributed by atoms with Crippen LogP contribution in [0.5, 0.6) is 10.9 Å². The molecule has 0 radical (unpaired) electrons. The summed E-state index contributed by atoms with van der Waals surface area (Å²) < 4.78 is 6.85. The standard InChI is InChI=1S/C15H14BrN3OS/c1-2-17-9-14-18-19-15(21-14)20-13-6-4-10-7-12(16)5-3-11(10)8-13/h3-8,17H,2,9H2,1H3. The molecule has 0 bridgehead atoms. The first-order chi connectivity index (χ1) is 10.2. The Labute approximate surface area is 135 Å². The molecule has 0 spiro atoms. The summed E-state index contributed by atoms with van der Waals surface area (Å²) in [6, 6.07) is 12.1. The molecule has 0 saturated carbocycles. The van der Waals surface area contributed by atoms with Crippen LogP contribution in [0.15, 0.2) is 40.9 Å². The molecule has 108 valence electrons. The van der Waals surface area contributed by atoms with E-state index in [0.717, 1.165) is 33.7 Å².